The van der Waals surface area contributed by atoms with E-state index in [-0.39, 0.29) is 0 Å². The van der Waals surface area contributed by atoms with Crippen LogP contribution in [0.2, 0.25) is 0 Å². The van der Waals surface area contributed by atoms with Gasteiger partial charge in [0.1, 0.15) is 0 Å². The molecule has 2 aromatic carbocycles. The summed E-state index contributed by atoms with van der Waals surface area (Å²) < 4.78 is 0. The van der Waals surface area contributed by atoms with Crippen molar-refractivity contribution in [3.05, 3.63) is 54.4 Å². The van der Waals surface area contributed by atoms with Gasteiger partial charge in [-0.2, -0.15) is 0 Å². The lowest BCUT2D eigenvalue weighted by atomic mass is 10.0. The van der Waals surface area contributed by atoms with E-state index in [0.29, 0.717) is 5.56 Å². The van der Waals surface area contributed by atoms with Crippen LogP contribution in [0.5, 0.6) is 0 Å². The molecule has 1 N–H and O–H groups in total. The van der Waals surface area contributed by atoms with Crippen LogP contribution in [0, 0.1) is 0 Å². The standard InChI is InChI=1S/C16H10N2O/c19-9-11-2-1-3-13-15(11)16-12-8-17-7-6-10(12)4-5-14(16)18-13/h1-9,18H. The Morgan fingerprint density at radius 2 is 1.89 bits per heavy atom. The molecule has 0 spiro atoms. The monoisotopic (exact) mass is 246 g/mol. The number of nitrogens with zero attached hydrogens (tertiary/aromatic N) is 1. The molecular weight excluding hydrogens is 236 g/mol. The summed E-state index contributed by atoms with van der Waals surface area (Å²) in [5.41, 5.74) is 2.72. The number of fused-ring (bicyclic) bond motifs is 5. The number of aromatic nitrogens is 2. The van der Waals surface area contributed by atoms with E-state index in [1.54, 1.807) is 6.20 Å². The molecule has 0 bridgehead atoms. The van der Waals surface area contributed by atoms with Crippen LogP contribution in [-0.4, -0.2) is 16.3 Å². The van der Waals surface area contributed by atoms with E-state index in [0.717, 1.165) is 38.9 Å². The highest BCUT2D eigenvalue weighted by molar-refractivity contribution is 6.23. The third-order valence-corrected chi connectivity index (χ3v) is 3.57. The summed E-state index contributed by atoms with van der Waals surface area (Å²) in [6.45, 7) is 0. The fraction of sp³-hybridized carbons (Fsp3) is 0. The minimum Gasteiger partial charge on any atom is -0.354 e. The molecule has 0 aliphatic carbocycles. The maximum absolute atomic E-state index is 11.3. The van der Waals surface area contributed by atoms with Crippen LogP contribution in [0.4, 0.5) is 0 Å². The number of aromatic amines is 1. The minimum atomic E-state index is 0.708. The summed E-state index contributed by atoms with van der Waals surface area (Å²) in [6, 6.07) is 11.8. The number of benzene rings is 2. The Morgan fingerprint density at radius 1 is 1.00 bits per heavy atom. The average molecular weight is 246 g/mol. The second-order valence-electron chi connectivity index (χ2n) is 4.60. The highest BCUT2D eigenvalue weighted by atomic mass is 16.1. The molecule has 3 nitrogen and oxygen atoms in total. The number of rotatable bonds is 1. The Labute approximate surface area is 108 Å². The van der Waals surface area contributed by atoms with Gasteiger partial charge >= 0.3 is 0 Å². The van der Waals surface area contributed by atoms with E-state index >= 15 is 0 Å². The first-order valence-electron chi connectivity index (χ1n) is 6.11. The molecule has 90 valence electrons. The molecule has 2 aromatic heterocycles. The highest BCUT2D eigenvalue weighted by Crippen LogP contribution is 2.33. The van der Waals surface area contributed by atoms with Gasteiger partial charge in [-0.1, -0.05) is 18.2 Å². The van der Waals surface area contributed by atoms with Gasteiger partial charge in [-0.25, -0.2) is 0 Å². The van der Waals surface area contributed by atoms with E-state index in [1.165, 1.54) is 0 Å². The quantitative estimate of drug-likeness (QED) is 0.521. The van der Waals surface area contributed by atoms with Crippen LogP contribution in [0.1, 0.15) is 10.4 Å². The first-order valence-corrected chi connectivity index (χ1v) is 6.11. The number of hydrogen-bond acceptors (Lipinski definition) is 2. The molecule has 0 saturated heterocycles. The van der Waals surface area contributed by atoms with E-state index in [2.05, 4.69) is 16.0 Å². The van der Waals surface area contributed by atoms with Gasteiger partial charge in [-0.05, 0) is 23.6 Å². The van der Waals surface area contributed by atoms with Gasteiger partial charge in [0.2, 0.25) is 0 Å². The summed E-state index contributed by atoms with van der Waals surface area (Å²) in [4.78, 5) is 18.8. The number of nitrogens with one attached hydrogen (secondary N) is 1. The fourth-order valence-electron chi connectivity index (χ4n) is 2.73. The molecule has 0 radical (unpaired) electrons. The normalized spacial score (nSPS) is 11.4. The van der Waals surface area contributed by atoms with Gasteiger partial charge in [0.05, 0.1) is 0 Å². The Hall–Kier alpha value is -2.68. The van der Waals surface area contributed by atoms with Crippen molar-refractivity contribution < 1.29 is 4.79 Å². The Morgan fingerprint density at radius 3 is 2.79 bits per heavy atom. The van der Waals surface area contributed by atoms with Crippen molar-refractivity contribution in [3.63, 3.8) is 0 Å². The van der Waals surface area contributed by atoms with Crippen LogP contribution in [-0.2, 0) is 0 Å². The van der Waals surface area contributed by atoms with Crippen LogP contribution in [0.25, 0.3) is 32.6 Å². The van der Waals surface area contributed by atoms with Gasteiger partial charge in [-0.15, -0.1) is 0 Å². The lowest BCUT2D eigenvalue weighted by Gasteiger charge is -2.00. The minimum absolute atomic E-state index is 0.708. The van der Waals surface area contributed by atoms with E-state index in [9.17, 15) is 4.79 Å². The van der Waals surface area contributed by atoms with E-state index in [1.807, 2.05) is 36.5 Å². The molecule has 3 heteroatoms. The number of H-pyrrole nitrogens is 1. The fourth-order valence-corrected chi connectivity index (χ4v) is 2.73. The summed E-state index contributed by atoms with van der Waals surface area (Å²) in [7, 11) is 0. The lowest BCUT2D eigenvalue weighted by molar-refractivity contribution is 0.112. The number of carbonyl (C=O) groups excluding carboxylic acids is 1. The topological polar surface area (TPSA) is 45.8 Å². The molecule has 0 atom stereocenters. The van der Waals surface area contributed by atoms with Crippen molar-refractivity contribution in [3.8, 4) is 0 Å². The first-order chi connectivity index (χ1) is 9.38. The summed E-state index contributed by atoms with van der Waals surface area (Å²) in [6.07, 6.45) is 4.54. The summed E-state index contributed by atoms with van der Waals surface area (Å²) in [5.74, 6) is 0. The second kappa shape index (κ2) is 3.65. The smallest absolute Gasteiger partial charge is 0.150 e. The molecule has 0 aliphatic heterocycles. The second-order valence-corrected chi connectivity index (χ2v) is 4.60. The number of hydrogen-bond donors (Lipinski definition) is 1. The lowest BCUT2D eigenvalue weighted by Crippen LogP contribution is -1.81. The van der Waals surface area contributed by atoms with E-state index < -0.39 is 0 Å². The predicted molar refractivity (Wildman–Crippen MR) is 76.5 cm³/mol. The third kappa shape index (κ3) is 1.32. The number of pyridine rings is 1. The van der Waals surface area contributed by atoms with Crippen molar-refractivity contribution in [2.75, 3.05) is 0 Å². The van der Waals surface area contributed by atoms with Gasteiger partial charge in [-0.3, -0.25) is 9.78 Å². The summed E-state index contributed by atoms with van der Waals surface area (Å²) in [5, 5.41) is 4.25. The molecule has 0 amide bonds. The molecule has 4 aromatic rings. The molecule has 0 unspecified atom stereocenters. The largest absolute Gasteiger partial charge is 0.354 e. The van der Waals surface area contributed by atoms with Crippen molar-refractivity contribution >= 4 is 38.9 Å². The van der Waals surface area contributed by atoms with E-state index in [4.69, 9.17) is 0 Å². The van der Waals surface area contributed by atoms with Gasteiger partial charge in [0.25, 0.3) is 0 Å². The summed E-state index contributed by atoms with van der Waals surface area (Å²) >= 11 is 0. The molecule has 2 heterocycles. The third-order valence-electron chi connectivity index (χ3n) is 3.57. The van der Waals surface area contributed by atoms with Crippen molar-refractivity contribution in [1.29, 1.82) is 0 Å². The van der Waals surface area contributed by atoms with Crippen LogP contribution >= 0.6 is 0 Å². The van der Waals surface area contributed by atoms with Gasteiger partial charge in [0.15, 0.2) is 6.29 Å². The van der Waals surface area contributed by atoms with Gasteiger partial charge < -0.3 is 4.98 Å². The SMILES string of the molecule is O=Cc1cccc2[nH]c3ccc4ccncc4c3c12. The predicted octanol–water partition coefficient (Wildman–Crippen LogP) is 3.68. The zero-order valence-electron chi connectivity index (χ0n) is 10.1. The Bertz CT molecular complexity index is 937. The highest BCUT2D eigenvalue weighted by Gasteiger charge is 2.11. The molecule has 4 rings (SSSR count). The van der Waals surface area contributed by atoms with Gasteiger partial charge in [0, 0.05) is 45.1 Å². The maximum atomic E-state index is 11.3. The molecule has 19 heavy (non-hydrogen) atoms. The Kier molecular flexibility index (Phi) is 1.97. The van der Waals surface area contributed by atoms with Crippen molar-refractivity contribution in [1.82, 2.24) is 9.97 Å². The average Bonchev–Trinajstić information content (AvgIpc) is 2.86. The maximum Gasteiger partial charge on any atom is 0.150 e. The van der Waals surface area contributed by atoms with Crippen LogP contribution in [0.15, 0.2) is 48.8 Å². The molecule has 0 saturated carbocycles. The van der Waals surface area contributed by atoms with Crippen LogP contribution in [0.3, 0.4) is 0 Å². The van der Waals surface area contributed by atoms with Crippen molar-refractivity contribution in [2.24, 2.45) is 0 Å². The zero-order valence-corrected chi connectivity index (χ0v) is 10.1. The van der Waals surface area contributed by atoms with Crippen molar-refractivity contribution in [2.45, 2.75) is 0 Å². The number of carbonyl (C=O) groups is 1. The molecule has 0 aliphatic rings. The molecule has 0 fully saturated rings. The first kappa shape index (κ1) is 10.3. The van der Waals surface area contributed by atoms with Crippen LogP contribution < -0.4 is 0 Å². The number of aldehydes is 1. The zero-order chi connectivity index (χ0) is 12.8. The molecular formula is C16H10N2O. The Balaban J connectivity index is 2.38.